The fourth-order valence-electron chi connectivity index (χ4n) is 2.63. The minimum absolute atomic E-state index is 0. The van der Waals surface area contributed by atoms with Crippen molar-refractivity contribution in [3.05, 3.63) is 36.4 Å². The van der Waals surface area contributed by atoms with Crippen molar-refractivity contribution in [1.82, 2.24) is 0 Å². The molecule has 1 aliphatic rings. The molecule has 0 saturated heterocycles. The van der Waals surface area contributed by atoms with Crippen LogP contribution in [0.5, 0.6) is 0 Å². The molecule has 6 heteroatoms. The molecule has 1 aromatic rings. The Morgan fingerprint density at radius 3 is 2.52 bits per heavy atom. The maximum absolute atomic E-state index is 11.2. The van der Waals surface area contributed by atoms with Gasteiger partial charge in [-0.3, -0.25) is 0 Å². The van der Waals surface area contributed by atoms with Gasteiger partial charge in [0.1, 0.15) is 10.1 Å². The van der Waals surface area contributed by atoms with Crippen LogP contribution >= 0.6 is 0 Å². The third-order valence-electron chi connectivity index (χ3n) is 4.09. The smallest absolute Gasteiger partial charge is 0.209 e. The van der Waals surface area contributed by atoms with E-state index in [1.54, 1.807) is 6.07 Å². The second kappa shape index (κ2) is 6.74. The average Bonchev–Trinajstić information content (AvgIpc) is 2.55. The summed E-state index contributed by atoms with van der Waals surface area (Å²) >= 11 is 0. The zero-order chi connectivity index (χ0) is 15.1. The maximum atomic E-state index is 11.2. The molecule has 4 nitrogen and oxygen atoms in total. The average molecular weight is 332 g/mol. The van der Waals surface area contributed by atoms with Gasteiger partial charge in [0.05, 0.1) is 10.3 Å². The Labute approximate surface area is 169 Å². The minimum Gasteiger partial charge on any atom is -0.744 e. The van der Waals surface area contributed by atoms with Crippen LogP contribution in [0.4, 0.5) is 5.69 Å². The molecule has 1 aromatic carbocycles. The molecular weight excluding hydrogens is 313 g/mol. The molecule has 0 unspecified atom stereocenters. The van der Waals surface area contributed by atoms with E-state index in [4.69, 9.17) is 0 Å². The Kier molecular flexibility index (Phi) is 6.17. The van der Waals surface area contributed by atoms with Gasteiger partial charge >= 0.3 is 0 Å². The van der Waals surface area contributed by atoms with Crippen LogP contribution in [-0.4, -0.2) is 81.2 Å². The largest absolute Gasteiger partial charge is 0.744 e. The summed E-state index contributed by atoms with van der Waals surface area (Å²) in [6.07, 6.45) is 2.70. The molecule has 2 rings (SSSR count). The van der Waals surface area contributed by atoms with Gasteiger partial charge in [-0.25, -0.2) is 8.42 Å². The SMILES string of the molecule is C=CCC[N+]1=C(C)C(C)(C)c2cc(S(=O)(=O)[O-])ccc21.[K]. The van der Waals surface area contributed by atoms with Gasteiger partial charge in [-0.05, 0) is 26.0 Å². The van der Waals surface area contributed by atoms with Crippen molar-refractivity contribution in [3.63, 3.8) is 0 Å². The molecule has 0 aromatic heterocycles. The maximum Gasteiger partial charge on any atom is 0.209 e. The zero-order valence-electron chi connectivity index (χ0n) is 13.0. The van der Waals surface area contributed by atoms with E-state index in [0.717, 1.165) is 29.9 Å². The van der Waals surface area contributed by atoms with Crippen LogP contribution in [0, 0.1) is 0 Å². The van der Waals surface area contributed by atoms with Crippen molar-refractivity contribution in [1.29, 1.82) is 0 Å². The molecule has 0 fully saturated rings. The van der Waals surface area contributed by atoms with Gasteiger partial charge in [-0.15, -0.1) is 6.58 Å². The summed E-state index contributed by atoms with van der Waals surface area (Å²) in [5.41, 5.74) is 2.73. The number of fused-ring (bicyclic) bond motifs is 1. The number of rotatable bonds is 4. The number of hydrogen-bond acceptors (Lipinski definition) is 3. The first-order chi connectivity index (χ1) is 9.19. The molecule has 0 bridgehead atoms. The first-order valence-electron chi connectivity index (χ1n) is 6.52. The van der Waals surface area contributed by atoms with Crippen LogP contribution in [0.1, 0.15) is 32.8 Å². The van der Waals surface area contributed by atoms with Gasteiger partial charge in [0.2, 0.25) is 5.69 Å². The summed E-state index contributed by atoms with van der Waals surface area (Å²) in [7, 11) is -4.42. The molecule has 1 radical (unpaired) electrons. The first-order valence-corrected chi connectivity index (χ1v) is 7.93. The van der Waals surface area contributed by atoms with Crippen molar-refractivity contribution in [2.75, 3.05) is 6.54 Å². The third kappa shape index (κ3) is 3.58. The van der Waals surface area contributed by atoms with Crippen LogP contribution < -0.4 is 0 Å². The van der Waals surface area contributed by atoms with E-state index in [-0.39, 0.29) is 61.7 Å². The van der Waals surface area contributed by atoms with E-state index >= 15 is 0 Å². The summed E-state index contributed by atoms with van der Waals surface area (Å²) in [6.45, 7) is 10.6. The quantitative estimate of drug-likeness (QED) is 0.367. The van der Waals surface area contributed by atoms with Gasteiger partial charge in [0.25, 0.3) is 0 Å². The molecule has 21 heavy (non-hydrogen) atoms. The van der Waals surface area contributed by atoms with Gasteiger partial charge in [0, 0.05) is 76.4 Å². The first kappa shape index (κ1) is 19.2. The Morgan fingerprint density at radius 1 is 1.38 bits per heavy atom. The van der Waals surface area contributed by atoms with Crippen LogP contribution in [0.25, 0.3) is 0 Å². The Balaban J connectivity index is 0.00000220. The zero-order valence-corrected chi connectivity index (χ0v) is 17.0. The number of hydrogen-bond donors (Lipinski definition) is 0. The monoisotopic (exact) mass is 332 g/mol. The molecular formula is C15H19KNO3S. The molecule has 0 N–H and O–H groups in total. The Morgan fingerprint density at radius 2 is 2.00 bits per heavy atom. The van der Waals surface area contributed by atoms with E-state index in [0.29, 0.717) is 0 Å². The second-order valence-corrected chi connectivity index (χ2v) is 6.95. The summed E-state index contributed by atoms with van der Waals surface area (Å²) in [5.74, 6) is 0. The number of benzene rings is 1. The molecule has 0 amide bonds. The molecule has 0 atom stereocenters. The van der Waals surface area contributed by atoms with E-state index in [1.165, 1.54) is 12.1 Å². The Hall–Kier alpha value is 0.176. The Bertz CT molecular complexity index is 706. The van der Waals surface area contributed by atoms with Crippen LogP contribution in [0.15, 0.2) is 35.7 Å². The van der Waals surface area contributed by atoms with Crippen molar-refractivity contribution < 1.29 is 17.5 Å². The predicted molar refractivity (Wildman–Crippen MR) is 83.5 cm³/mol. The van der Waals surface area contributed by atoms with E-state index in [9.17, 15) is 13.0 Å². The normalized spacial score (nSPS) is 16.4. The van der Waals surface area contributed by atoms with Crippen LogP contribution in [-0.2, 0) is 15.5 Å². The van der Waals surface area contributed by atoms with Gasteiger partial charge in [0.15, 0.2) is 12.3 Å². The van der Waals surface area contributed by atoms with Crippen molar-refractivity contribution in [2.24, 2.45) is 0 Å². The number of nitrogens with zero attached hydrogens (tertiary/aromatic N) is 1. The standard InChI is InChI=1S/C15H19NO3S.K/c1-5-6-9-16-11(2)15(3,4)13-10-12(20(17,18)19)7-8-14(13)16;/h5,7-8,10H,1,6,9H2,2-4H3;. The molecule has 1 heterocycles. The van der Waals surface area contributed by atoms with Crippen molar-refractivity contribution in [2.45, 2.75) is 37.5 Å². The van der Waals surface area contributed by atoms with E-state index < -0.39 is 10.1 Å². The molecule has 1 aliphatic heterocycles. The predicted octanol–water partition coefficient (Wildman–Crippen LogP) is 2.18. The fourth-order valence-corrected chi connectivity index (χ4v) is 3.13. The third-order valence-corrected chi connectivity index (χ3v) is 4.92. The van der Waals surface area contributed by atoms with Gasteiger partial charge in [-0.1, -0.05) is 6.08 Å². The van der Waals surface area contributed by atoms with Crippen molar-refractivity contribution >= 4 is 72.9 Å². The summed E-state index contributed by atoms with van der Waals surface area (Å²) in [5, 5.41) is 0. The molecule has 109 valence electrons. The van der Waals surface area contributed by atoms with Crippen LogP contribution in [0.3, 0.4) is 0 Å². The van der Waals surface area contributed by atoms with E-state index in [1.807, 2.05) is 26.8 Å². The second-order valence-electron chi connectivity index (χ2n) is 5.57. The summed E-state index contributed by atoms with van der Waals surface area (Å²) in [6, 6.07) is 4.62. The minimum atomic E-state index is -4.42. The van der Waals surface area contributed by atoms with Crippen LogP contribution in [0.2, 0.25) is 0 Å². The van der Waals surface area contributed by atoms with Gasteiger partial charge < -0.3 is 4.55 Å². The molecule has 0 spiro atoms. The summed E-state index contributed by atoms with van der Waals surface area (Å²) in [4.78, 5) is -0.164. The van der Waals surface area contributed by atoms with E-state index in [2.05, 4.69) is 11.2 Å². The summed E-state index contributed by atoms with van der Waals surface area (Å²) < 4.78 is 35.7. The molecule has 0 saturated carbocycles. The van der Waals surface area contributed by atoms with Crippen molar-refractivity contribution in [3.8, 4) is 0 Å². The molecule has 0 aliphatic carbocycles. The topological polar surface area (TPSA) is 60.2 Å². The van der Waals surface area contributed by atoms with Gasteiger partial charge in [-0.2, -0.15) is 4.58 Å². The fraction of sp³-hybridized carbons (Fsp3) is 0.400.